The monoisotopic (exact) mass is 274 g/mol. The van der Waals surface area contributed by atoms with Gasteiger partial charge in [-0.3, -0.25) is 4.79 Å². The molecule has 0 bridgehead atoms. The molecule has 0 aromatic heterocycles. The summed E-state index contributed by atoms with van der Waals surface area (Å²) in [6, 6.07) is 0. The maximum absolute atomic E-state index is 11.8. The average Bonchev–Trinajstić information content (AvgIpc) is 2.80. The van der Waals surface area contributed by atoms with Crippen molar-refractivity contribution in [2.24, 2.45) is 11.7 Å². The van der Waals surface area contributed by atoms with Crippen LogP contribution in [0.25, 0.3) is 0 Å². The molecule has 2 rings (SSSR count). The number of amides is 1. The minimum atomic E-state index is -0.121. The normalized spacial score (nSPS) is 23.4. The summed E-state index contributed by atoms with van der Waals surface area (Å²) in [4.78, 5) is 11.8. The minimum Gasteiger partial charge on any atom is -0.354 e. The van der Waals surface area contributed by atoms with E-state index in [2.05, 4.69) is 5.32 Å². The number of hydrogen-bond acceptors (Lipinski definition) is 2. The minimum absolute atomic E-state index is 0. The fraction of sp³-hybridized carbons (Fsp3) is 0.929. The Morgan fingerprint density at radius 2 is 1.72 bits per heavy atom. The fourth-order valence-corrected chi connectivity index (χ4v) is 3.26. The van der Waals surface area contributed by atoms with E-state index in [1.54, 1.807) is 0 Å². The fourth-order valence-electron chi connectivity index (χ4n) is 3.26. The summed E-state index contributed by atoms with van der Waals surface area (Å²) < 4.78 is 0. The van der Waals surface area contributed by atoms with Crippen molar-refractivity contribution in [2.75, 3.05) is 6.54 Å². The Morgan fingerprint density at radius 3 is 2.33 bits per heavy atom. The highest BCUT2D eigenvalue weighted by atomic mass is 35.5. The summed E-state index contributed by atoms with van der Waals surface area (Å²) in [6.45, 7) is 0.679. The van der Waals surface area contributed by atoms with Crippen LogP contribution >= 0.6 is 12.4 Å². The van der Waals surface area contributed by atoms with Gasteiger partial charge in [0.1, 0.15) is 0 Å². The molecule has 2 fully saturated rings. The van der Waals surface area contributed by atoms with Crippen molar-refractivity contribution in [2.45, 2.75) is 69.7 Å². The number of hydrogen-bond donors (Lipinski definition) is 2. The first-order valence-electron chi connectivity index (χ1n) is 7.24. The van der Waals surface area contributed by atoms with Crippen molar-refractivity contribution in [1.82, 2.24) is 5.32 Å². The second-order valence-electron chi connectivity index (χ2n) is 6.05. The molecule has 1 amide bonds. The van der Waals surface area contributed by atoms with Crippen LogP contribution in [0.1, 0.15) is 64.2 Å². The number of nitrogens with two attached hydrogens (primary N) is 1. The molecule has 0 unspecified atom stereocenters. The number of nitrogens with one attached hydrogen (secondary N) is 1. The molecule has 0 spiro atoms. The van der Waals surface area contributed by atoms with Crippen molar-refractivity contribution >= 4 is 18.3 Å². The lowest BCUT2D eigenvalue weighted by Gasteiger charge is -2.33. The summed E-state index contributed by atoms with van der Waals surface area (Å²) in [5.41, 5.74) is 6.18. The Bertz CT molecular complexity index is 259. The van der Waals surface area contributed by atoms with E-state index < -0.39 is 0 Å². The van der Waals surface area contributed by atoms with Gasteiger partial charge in [-0.2, -0.15) is 0 Å². The lowest BCUT2D eigenvalue weighted by atomic mass is 9.82. The van der Waals surface area contributed by atoms with Crippen LogP contribution in [0.5, 0.6) is 0 Å². The molecule has 3 nitrogen and oxygen atoms in total. The molecule has 0 aromatic carbocycles. The standard InChI is InChI=1S/C14H26N2O.ClH/c15-14(8-4-1-5-9-14)11-16-13(17)10-12-6-2-3-7-12;/h12H,1-11,15H2,(H,16,17);1H. The first-order valence-corrected chi connectivity index (χ1v) is 7.24. The molecule has 18 heavy (non-hydrogen) atoms. The summed E-state index contributed by atoms with van der Waals surface area (Å²) in [6.07, 6.45) is 11.7. The number of carbonyl (C=O) groups is 1. The first kappa shape index (κ1) is 15.8. The molecule has 2 aliphatic carbocycles. The zero-order chi connectivity index (χ0) is 12.1. The van der Waals surface area contributed by atoms with Gasteiger partial charge in [0.05, 0.1) is 0 Å². The Balaban J connectivity index is 0.00000162. The SMILES string of the molecule is Cl.NC1(CNC(=O)CC2CCCC2)CCCCC1. The van der Waals surface area contributed by atoms with Crippen LogP contribution in [0.4, 0.5) is 0 Å². The quantitative estimate of drug-likeness (QED) is 0.828. The van der Waals surface area contributed by atoms with E-state index in [1.165, 1.54) is 44.9 Å². The predicted octanol–water partition coefficient (Wildman–Crippen LogP) is 2.77. The van der Waals surface area contributed by atoms with E-state index >= 15 is 0 Å². The lowest BCUT2D eigenvalue weighted by molar-refractivity contribution is -0.122. The molecule has 0 radical (unpaired) electrons. The summed E-state index contributed by atoms with van der Waals surface area (Å²) in [7, 11) is 0. The van der Waals surface area contributed by atoms with Crippen LogP contribution in [0.2, 0.25) is 0 Å². The smallest absolute Gasteiger partial charge is 0.220 e. The summed E-state index contributed by atoms with van der Waals surface area (Å²) in [5, 5.41) is 3.06. The highest BCUT2D eigenvalue weighted by molar-refractivity contribution is 5.85. The van der Waals surface area contributed by atoms with Gasteiger partial charge in [-0.25, -0.2) is 0 Å². The lowest BCUT2D eigenvalue weighted by Crippen LogP contribution is -2.51. The van der Waals surface area contributed by atoms with Gasteiger partial charge in [0.2, 0.25) is 5.91 Å². The van der Waals surface area contributed by atoms with E-state index in [9.17, 15) is 4.79 Å². The molecule has 4 heteroatoms. The van der Waals surface area contributed by atoms with E-state index in [0.29, 0.717) is 12.5 Å². The van der Waals surface area contributed by atoms with Gasteiger partial charge in [0.15, 0.2) is 0 Å². The van der Waals surface area contributed by atoms with E-state index in [4.69, 9.17) is 5.73 Å². The highest BCUT2D eigenvalue weighted by Gasteiger charge is 2.28. The molecule has 0 aliphatic heterocycles. The van der Waals surface area contributed by atoms with Gasteiger partial charge in [0.25, 0.3) is 0 Å². The van der Waals surface area contributed by atoms with Gasteiger partial charge in [-0.1, -0.05) is 32.1 Å². The molecular weight excluding hydrogens is 248 g/mol. The Morgan fingerprint density at radius 1 is 1.11 bits per heavy atom. The van der Waals surface area contributed by atoms with Crippen LogP contribution in [0.3, 0.4) is 0 Å². The van der Waals surface area contributed by atoms with E-state index in [0.717, 1.165) is 19.3 Å². The average molecular weight is 275 g/mol. The van der Waals surface area contributed by atoms with Crippen molar-refractivity contribution in [1.29, 1.82) is 0 Å². The van der Waals surface area contributed by atoms with Crippen molar-refractivity contribution in [3.8, 4) is 0 Å². The van der Waals surface area contributed by atoms with Crippen LogP contribution in [0, 0.1) is 5.92 Å². The van der Waals surface area contributed by atoms with Gasteiger partial charge in [-0.05, 0) is 31.6 Å². The summed E-state index contributed by atoms with van der Waals surface area (Å²) >= 11 is 0. The Hall–Kier alpha value is -0.280. The molecule has 0 atom stereocenters. The summed E-state index contributed by atoms with van der Waals surface area (Å²) in [5.74, 6) is 0.849. The second-order valence-corrected chi connectivity index (χ2v) is 6.05. The Labute approximate surface area is 117 Å². The van der Waals surface area contributed by atoms with Gasteiger partial charge >= 0.3 is 0 Å². The number of carbonyl (C=O) groups excluding carboxylic acids is 1. The maximum Gasteiger partial charge on any atom is 0.220 e. The third kappa shape index (κ3) is 4.77. The molecule has 2 aliphatic rings. The van der Waals surface area contributed by atoms with Crippen LogP contribution in [0.15, 0.2) is 0 Å². The topological polar surface area (TPSA) is 55.1 Å². The molecule has 0 heterocycles. The molecule has 106 valence electrons. The zero-order valence-corrected chi connectivity index (χ0v) is 12.1. The van der Waals surface area contributed by atoms with Crippen LogP contribution in [-0.4, -0.2) is 18.0 Å². The first-order chi connectivity index (χ1) is 8.18. The van der Waals surface area contributed by atoms with Crippen molar-refractivity contribution in [3.05, 3.63) is 0 Å². The molecule has 2 saturated carbocycles. The number of rotatable bonds is 4. The van der Waals surface area contributed by atoms with Gasteiger partial charge < -0.3 is 11.1 Å². The third-order valence-electron chi connectivity index (χ3n) is 4.44. The van der Waals surface area contributed by atoms with Crippen molar-refractivity contribution in [3.63, 3.8) is 0 Å². The predicted molar refractivity (Wildman–Crippen MR) is 76.8 cm³/mol. The maximum atomic E-state index is 11.8. The number of halogens is 1. The molecule has 0 aromatic rings. The Kier molecular flexibility index (Phi) is 6.44. The zero-order valence-electron chi connectivity index (χ0n) is 11.2. The van der Waals surface area contributed by atoms with Gasteiger partial charge in [0, 0.05) is 18.5 Å². The molecule has 3 N–H and O–H groups in total. The van der Waals surface area contributed by atoms with Crippen LogP contribution in [-0.2, 0) is 4.79 Å². The van der Waals surface area contributed by atoms with Gasteiger partial charge in [-0.15, -0.1) is 12.4 Å². The molecular formula is C14H27ClN2O. The van der Waals surface area contributed by atoms with Crippen molar-refractivity contribution < 1.29 is 4.79 Å². The second kappa shape index (κ2) is 7.34. The molecule has 0 saturated heterocycles. The van der Waals surface area contributed by atoms with E-state index in [1.807, 2.05) is 0 Å². The third-order valence-corrected chi connectivity index (χ3v) is 4.44. The van der Waals surface area contributed by atoms with Crippen LogP contribution < -0.4 is 11.1 Å². The highest BCUT2D eigenvalue weighted by Crippen LogP contribution is 2.28. The van der Waals surface area contributed by atoms with E-state index in [-0.39, 0.29) is 23.9 Å². The largest absolute Gasteiger partial charge is 0.354 e.